The summed E-state index contributed by atoms with van der Waals surface area (Å²) in [5.74, 6) is -4.26. The van der Waals surface area contributed by atoms with E-state index in [2.05, 4.69) is 26.7 Å². The minimum Gasteiger partial charge on any atom is -0.465 e. The average Bonchev–Trinajstić information content (AvgIpc) is 2.62. The monoisotopic (exact) mass is 390 g/mol. The normalized spacial score (nSPS) is 17.4. The molecule has 0 fully saturated rings. The minimum absolute atomic E-state index is 0.226. The summed E-state index contributed by atoms with van der Waals surface area (Å²) in [7, 11) is 1.01. The van der Waals surface area contributed by atoms with Gasteiger partial charge in [0.2, 0.25) is 5.91 Å². The first-order valence-corrected chi connectivity index (χ1v) is 7.99. The summed E-state index contributed by atoms with van der Waals surface area (Å²) in [5.41, 5.74) is 8.24. The number of ether oxygens (including phenoxy) is 2. The Bertz CT molecular complexity index is 554. The summed E-state index contributed by atoms with van der Waals surface area (Å²) >= 11 is 0. The second-order valence-corrected chi connectivity index (χ2v) is 5.74. The molecule has 0 aromatic heterocycles. The zero-order valence-electron chi connectivity index (χ0n) is 15.2. The van der Waals surface area contributed by atoms with Gasteiger partial charge in [0.15, 0.2) is 0 Å². The Balaban J connectivity index is 5.29. The Hall–Kier alpha value is -2.21. The average molecular weight is 390 g/mol. The van der Waals surface area contributed by atoms with Crippen LogP contribution in [0.5, 0.6) is 0 Å². The molecule has 0 saturated carbocycles. The Kier molecular flexibility index (Phi) is 11.2. The van der Waals surface area contributed by atoms with E-state index in [-0.39, 0.29) is 13.0 Å². The maximum absolute atomic E-state index is 11.8. The molecule has 3 unspecified atom stereocenters. The number of aliphatic hydroxyl groups excluding tert-OH is 3. The summed E-state index contributed by atoms with van der Waals surface area (Å²) in [5, 5.41) is 45.9. The van der Waals surface area contributed by atoms with Crippen LogP contribution in [-0.4, -0.2) is 82.7 Å². The molecule has 1 amide bonds. The molecular formula is C15H26N4O8. The maximum Gasteiger partial charge on any atom is 0.366 e. The molecule has 0 spiro atoms. The molecular weight excluding hydrogens is 364 g/mol. The van der Waals surface area contributed by atoms with Gasteiger partial charge in [-0.05, 0) is 12.0 Å². The third kappa shape index (κ3) is 8.82. The predicted molar refractivity (Wildman–Crippen MR) is 92.0 cm³/mol. The molecule has 0 heterocycles. The fourth-order valence-corrected chi connectivity index (χ4v) is 2.22. The van der Waals surface area contributed by atoms with E-state index in [0.29, 0.717) is 0 Å². The highest BCUT2D eigenvalue weighted by molar-refractivity contribution is 5.77. The largest absolute Gasteiger partial charge is 0.465 e. The van der Waals surface area contributed by atoms with Crippen LogP contribution in [0.2, 0.25) is 0 Å². The molecule has 154 valence electrons. The molecule has 12 nitrogen and oxygen atoms in total. The van der Waals surface area contributed by atoms with Crippen molar-refractivity contribution < 1.29 is 39.5 Å². The smallest absolute Gasteiger partial charge is 0.366 e. The van der Waals surface area contributed by atoms with Gasteiger partial charge in [0, 0.05) is 18.3 Å². The van der Waals surface area contributed by atoms with Gasteiger partial charge in [0.1, 0.15) is 0 Å². The van der Waals surface area contributed by atoms with Gasteiger partial charge in [-0.25, -0.2) is 4.79 Å². The van der Waals surface area contributed by atoms with Crippen LogP contribution in [0.15, 0.2) is 17.8 Å². The first-order valence-electron chi connectivity index (χ1n) is 7.99. The van der Waals surface area contributed by atoms with Crippen LogP contribution in [0.4, 0.5) is 0 Å². The van der Waals surface area contributed by atoms with Crippen molar-refractivity contribution in [1.29, 1.82) is 0 Å². The molecule has 0 aliphatic carbocycles. The summed E-state index contributed by atoms with van der Waals surface area (Å²) in [6.45, 7) is 3.89. The predicted octanol–water partition coefficient (Wildman–Crippen LogP) is -1.27. The summed E-state index contributed by atoms with van der Waals surface area (Å²) < 4.78 is 9.44. The number of aliphatic hydroxyl groups is 4. The zero-order valence-corrected chi connectivity index (χ0v) is 15.2. The molecule has 0 rings (SSSR count). The lowest BCUT2D eigenvalue weighted by Crippen LogP contribution is -2.52. The van der Waals surface area contributed by atoms with Crippen molar-refractivity contribution in [2.75, 3.05) is 20.3 Å². The number of carbonyl (C=O) groups is 2. The minimum atomic E-state index is -2.52. The second-order valence-electron chi connectivity index (χ2n) is 5.74. The van der Waals surface area contributed by atoms with Crippen LogP contribution in [0, 0.1) is 0 Å². The number of carbonyl (C=O) groups excluding carboxylic acids is 2. The van der Waals surface area contributed by atoms with Crippen LogP contribution in [0.3, 0.4) is 0 Å². The number of nitrogens with zero attached hydrogens (tertiary/aromatic N) is 3. The fourth-order valence-electron chi connectivity index (χ4n) is 2.22. The molecule has 5 atom stereocenters. The van der Waals surface area contributed by atoms with Gasteiger partial charge in [-0.2, -0.15) is 0 Å². The number of amides is 1. The Labute approximate surface area is 156 Å². The second kappa shape index (κ2) is 12.2. The Morgan fingerprint density at radius 3 is 2.44 bits per heavy atom. The van der Waals surface area contributed by atoms with Gasteiger partial charge < -0.3 is 35.2 Å². The summed E-state index contributed by atoms with van der Waals surface area (Å²) in [6.07, 6.45) is -4.27. The lowest BCUT2D eigenvalue weighted by molar-refractivity contribution is -0.232. The van der Waals surface area contributed by atoms with Crippen molar-refractivity contribution in [2.24, 2.45) is 5.11 Å². The van der Waals surface area contributed by atoms with Crippen molar-refractivity contribution in [2.45, 2.75) is 49.9 Å². The third-order valence-electron chi connectivity index (χ3n) is 3.55. The standard InChI is InChI=1S/C15H26N4O8/c1-4-5-27-15(25,14(24)26-3)7-12(22)10(18-9(2)20)6-11(21)13(23)8-17-19-16/h4,10-13,21-23,25H,1,5-8H2,2-3H3,(H,18,20)/t10?,11-,12?,13+,15?/m0/s1. The quantitative estimate of drug-likeness (QED) is 0.0641. The molecule has 0 bridgehead atoms. The maximum atomic E-state index is 11.8. The van der Waals surface area contributed by atoms with E-state index in [9.17, 15) is 30.0 Å². The molecule has 0 aliphatic heterocycles. The van der Waals surface area contributed by atoms with Crippen molar-refractivity contribution in [3.8, 4) is 0 Å². The van der Waals surface area contributed by atoms with E-state index in [1.807, 2.05) is 0 Å². The highest BCUT2D eigenvalue weighted by Gasteiger charge is 2.43. The summed E-state index contributed by atoms with van der Waals surface area (Å²) in [6, 6.07) is -1.17. The molecule has 0 aromatic carbocycles. The third-order valence-corrected chi connectivity index (χ3v) is 3.55. The number of hydrogen-bond acceptors (Lipinski definition) is 9. The topological polar surface area (TPSA) is 194 Å². The van der Waals surface area contributed by atoms with Gasteiger partial charge >= 0.3 is 5.97 Å². The molecule has 0 saturated heterocycles. The highest BCUT2D eigenvalue weighted by atomic mass is 16.7. The first kappa shape index (κ1) is 24.8. The van der Waals surface area contributed by atoms with E-state index in [1.165, 1.54) is 6.08 Å². The van der Waals surface area contributed by atoms with E-state index in [0.717, 1.165) is 14.0 Å². The van der Waals surface area contributed by atoms with Crippen molar-refractivity contribution >= 4 is 11.9 Å². The zero-order chi connectivity index (χ0) is 21.0. The lowest BCUT2D eigenvalue weighted by atomic mass is 9.95. The number of esters is 1. The SMILES string of the molecule is C=CCOC(O)(CC(O)C(C[C@H](O)[C@H](O)CN=[N+]=[N-])NC(C)=O)C(=O)OC. The summed E-state index contributed by atoms with van der Waals surface area (Å²) in [4.78, 5) is 25.6. The Morgan fingerprint density at radius 2 is 1.96 bits per heavy atom. The number of hydrogen-bond donors (Lipinski definition) is 5. The van der Waals surface area contributed by atoms with Gasteiger partial charge in [-0.15, -0.1) is 6.58 Å². The van der Waals surface area contributed by atoms with Crippen LogP contribution < -0.4 is 5.32 Å². The number of methoxy groups -OCH3 is 1. The van der Waals surface area contributed by atoms with E-state index in [4.69, 9.17) is 10.3 Å². The number of rotatable bonds is 13. The van der Waals surface area contributed by atoms with Gasteiger partial charge in [0.25, 0.3) is 5.79 Å². The van der Waals surface area contributed by atoms with E-state index in [1.54, 1.807) is 0 Å². The molecule has 0 aromatic rings. The molecule has 0 radical (unpaired) electrons. The van der Waals surface area contributed by atoms with Crippen molar-refractivity contribution in [1.82, 2.24) is 5.32 Å². The molecule has 27 heavy (non-hydrogen) atoms. The van der Waals surface area contributed by atoms with Gasteiger partial charge in [-0.1, -0.05) is 11.2 Å². The highest BCUT2D eigenvalue weighted by Crippen LogP contribution is 2.21. The van der Waals surface area contributed by atoms with Gasteiger partial charge in [-0.3, -0.25) is 4.79 Å². The van der Waals surface area contributed by atoms with Gasteiger partial charge in [0.05, 0.1) is 44.6 Å². The molecule has 5 N–H and O–H groups in total. The lowest BCUT2D eigenvalue weighted by Gasteiger charge is -2.32. The fraction of sp³-hybridized carbons (Fsp3) is 0.733. The van der Waals surface area contributed by atoms with Crippen LogP contribution in [0.25, 0.3) is 10.4 Å². The first-order chi connectivity index (χ1) is 12.6. The number of nitrogens with one attached hydrogen (secondary N) is 1. The van der Waals surface area contributed by atoms with E-state index >= 15 is 0 Å². The van der Waals surface area contributed by atoms with Crippen LogP contribution >= 0.6 is 0 Å². The number of azide groups is 1. The van der Waals surface area contributed by atoms with E-state index < -0.39 is 55.0 Å². The van der Waals surface area contributed by atoms with Crippen LogP contribution in [-0.2, 0) is 19.1 Å². The van der Waals surface area contributed by atoms with Crippen molar-refractivity contribution in [3.63, 3.8) is 0 Å². The van der Waals surface area contributed by atoms with Crippen LogP contribution in [0.1, 0.15) is 19.8 Å². The molecule has 0 aliphatic rings. The van der Waals surface area contributed by atoms with Crippen molar-refractivity contribution in [3.05, 3.63) is 23.1 Å². The molecule has 12 heteroatoms. The Morgan fingerprint density at radius 1 is 1.33 bits per heavy atom.